The maximum absolute atomic E-state index is 12.3. The molecule has 7 heteroatoms. The third kappa shape index (κ3) is 4.17. The molecule has 0 atom stereocenters. The van der Waals surface area contributed by atoms with Gasteiger partial charge in [-0.3, -0.25) is 0 Å². The Morgan fingerprint density at radius 2 is 1.91 bits per heavy atom. The molecular formula is C15H28N2O3S2. The summed E-state index contributed by atoms with van der Waals surface area (Å²) >= 11 is 1.84. The summed E-state index contributed by atoms with van der Waals surface area (Å²) in [6.07, 6.45) is 6.88. The van der Waals surface area contributed by atoms with Gasteiger partial charge in [0.25, 0.3) is 0 Å². The smallest absolute Gasteiger partial charge is 0.215 e. The van der Waals surface area contributed by atoms with Crippen LogP contribution < -0.4 is 5.32 Å². The molecule has 2 heterocycles. The molecule has 3 rings (SSSR count). The molecule has 3 aliphatic rings. The highest BCUT2D eigenvalue weighted by atomic mass is 32.2. The first-order chi connectivity index (χ1) is 10.6. The molecule has 22 heavy (non-hydrogen) atoms. The second-order valence-corrected chi connectivity index (χ2v) is 10.0. The van der Waals surface area contributed by atoms with Crippen LogP contribution in [0.3, 0.4) is 0 Å². The Hall–Kier alpha value is 0.180. The number of hydrogen-bond donors (Lipinski definition) is 1. The van der Waals surface area contributed by atoms with Gasteiger partial charge in [0.05, 0.1) is 11.4 Å². The zero-order valence-electron chi connectivity index (χ0n) is 13.3. The SMILES string of the molecule is O=S(=O)(CCNC1CCC2(CCCO2)CC1)N1CCSCC1. The summed E-state index contributed by atoms with van der Waals surface area (Å²) in [6, 6.07) is 0.460. The molecule has 3 fully saturated rings. The van der Waals surface area contributed by atoms with Crippen molar-refractivity contribution in [3.63, 3.8) is 0 Å². The first kappa shape index (κ1) is 17.0. The summed E-state index contributed by atoms with van der Waals surface area (Å²) in [5.41, 5.74) is 0.162. The third-order valence-electron chi connectivity index (χ3n) is 5.24. The maximum atomic E-state index is 12.3. The van der Waals surface area contributed by atoms with E-state index in [1.165, 1.54) is 12.8 Å². The molecule has 0 bridgehead atoms. The van der Waals surface area contributed by atoms with E-state index in [1.807, 2.05) is 11.8 Å². The lowest BCUT2D eigenvalue weighted by Gasteiger charge is -2.37. The number of hydrogen-bond acceptors (Lipinski definition) is 5. The molecule has 2 aliphatic heterocycles. The minimum Gasteiger partial charge on any atom is -0.375 e. The molecule has 0 aromatic carbocycles. The number of sulfonamides is 1. The van der Waals surface area contributed by atoms with Crippen LogP contribution in [0, 0.1) is 0 Å². The van der Waals surface area contributed by atoms with Gasteiger partial charge in [0.2, 0.25) is 10.0 Å². The van der Waals surface area contributed by atoms with Crippen molar-refractivity contribution in [1.82, 2.24) is 9.62 Å². The standard InChI is InChI=1S/C15H28N2O3S2/c18-22(19,17-8-11-21-12-9-17)13-7-16-14-2-5-15(6-3-14)4-1-10-20-15/h14,16H,1-13H2. The molecule has 2 saturated heterocycles. The van der Waals surface area contributed by atoms with Gasteiger partial charge >= 0.3 is 0 Å². The normalized spacial score (nSPS) is 34.3. The van der Waals surface area contributed by atoms with E-state index >= 15 is 0 Å². The van der Waals surface area contributed by atoms with Crippen LogP contribution in [0.25, 0.3) is 0 Å². The second-order valence-electron chi connectivity index (χ2n) is 6.69. The van der Waals surface area contributed by atoms with Crippen LogP contribution in [0.5, 0.6) is 0 Å². The average Bonchev–Trinajstić information content (AvgIpc) is 2.99. The van der Waals surface area contributed by atoms with Gasteiger partial charge in [-0.25, -0.2) is 12.7 Å². The van der Waals surface area contributed by atoms with Gasteiger partial charge in [-0.2, -0.15) is 11.8 Å². The van der Waals surface area contributed by atoms with Crippen LogP contribution in [0.15, 0.2) is 0 Å². The summed E-state index contributed by atoms with van der Waals surface area (Å²) in [4.78, 5) is 0. The molecule has 1 spiro atoms. The molecule has 1 saturated carbocycles. The van der Waals surface area contributed by atoms with Crippen LogP contribution >= 0.6 is 11.8 Å². The highest BCUT2D eigenvalue weighted by molar-refractivity contribution is 7.99. The van der Waals surface area contributed by atoms with E-state index in [2.05, 4.69) is 5.32 Å². The summed E-state index contributed by atoms with van der Waals surface area (Å²) < 4.78 is 32.2. The Labute approximate surface area is 138 Å². The molecule has 0 unspecified atom stereocenters. The Morgan fingerprint density at radius 1 is 1.18 bits per heavy atom. The van der Waals surface area contributed by atoms with Crippen molar-refractivity contribution in [1.29, 1.82) is 0 Å². The number of rotatable bonds is 5. The van der Waals surface area contributed by atoms with Crippen molar-refractivity contribution >= 4 is 21.8 Å². The molecule has 1 N–H and O–H groups in total. The summed E-state index contributed by atoms with van der Waals surface area (Å²) in [6.45, 7) is 2.85. The fraction of sp³-hybridized carbons (Fsp3) is 1.00. The van der Waals surface area contributed by atoms with Crippen molar-refractivity contribution in [2.45, 2.75) is 50.2 Å². The van der Waals surface area contributed by atoms with Gasteiger partial charge in [-0.1, -0.05) is 0 Å². The van der Waals surface area contributed by atoms with Crippen LogP contribution in [-0.4, -0.2) is 67.9 Å². The van der Waals surface area contributed by atoms with Gasteiger partial charge in [-0.15, -0.1) is 0 Å². The minimum absolute atomic E-state index is 0.162. The molecule has 128 valence electrons. The van der Waals surface area contributed by atoms with Gasteiger partial charge in [0.1, 0.15) is 0 Å². The van der Waals surface area contributed by atoms with Gasteiger partial charge in [0, 0.05) is 43.8 Å². The van der Waals surface area contributed by atoms with Crippen molar-refractivity contribution in [3.8, 4) is 0 Å². The molecule has 0 aromatic rings. The first-order valence-corrected chi connectivity index (χ1v) is 11.3. The van der Waals surface area contributed by atoms with E-state index in [0.717, 1.165) is 43.8 Å². The molecular weight excluding hydrogens is 320 g/mol. The van der Waals surface area contributed by atoms with Gasteiger partial charge in [-0.05, 0) is 38.5 Å². The molecule has 0 amide bonds. The lowest BCUT2D eigenvalue weighted by molar-refractivity contribution is -0.0299. The lowest BCUT2D eigenvalue weighted by Crippen LogP contribution is -2.44. The second kappa shape index (κ2) is 7.38. The van der Waals surface area contributed by atoms with E-state index in [1.54, 1.807) is 4.31 Å². The fourth-order valence-corrected chi connectivity index (χ4v) is 6.35. The first-order valence-electron chi connectivity index (χ1n) is 8.53. The molecule has 5 nitrogen and oxygen atoms in total. The van der Waals surface area contributed by atoms with E-state index in [-0.39, 0.29) is 11.4 Å². The van der Waals surface area contributed by atoms with Crippen molar-refractivity contribution in [3.05, 3.63) is 0 Å². The van der Waals surface area contributed by atoms with Crippen molar-refractivity contribution in [2.24, 2.45) is 0 Å². The Kier molecular flexibility index (Phi) is 5.71. The summed E-state index contributed by atoms with van der Waals surface area (Å²) in [5, 5.41) is 3.46. The zero-order chi connectivity index (χ0) is 15.5. The molecule has 0 aromatic heterocycles. The van der Waals surface area contributed by atoms with E-state index < -0.39 is 10.0 Å². The highest BCUT2D eigenvalue weighted by Crippen LogP contribution is 2.39. The molecule has 1 aliphatic carbocycles. The van der Waals surface area contributed by atoms with E-state index in [9.17, 15) is 8.42 Å². The molecule has 0 radical (unpaired) electrons. The minimum atomic E-state index is -3.07. The third-order valence-corrected chi connectivity index (χ3v) is 8.05. The van der Waals surface area contributed by atoms with E-state index in [0.29, 0.717) is 25.7 Å². The topological polar surface area (TPSA) is 58.6 Å². The predicted molar refractivity (Wildman–Crippen MR) is 90.9 cm³/mol. The van der Waals surface area contributed by atoms with E-state index in [4.69, 9.17) is 4.74 Å². The Morgan fingerprint density at radius 3 is 2.55 bits per heavy atom. The number of thioether (sulfide) groups is 1. The Bertz CT molecular complexity index is 447. The van der Waals surface area contributed by atoms with Gasteiger partial charge < -0.3 is 10.1 Å². The number of nitrogens with zero attached hydrogens (tertiary/aromatic N) is 1. The monoisotopic (exact) mass is 348 g/mol. The average molecular weight is 349 g/mol. The lowest BCUT2D eigenvalue weighted by atomic mass is 9.80. The van der Waals surface area contributed by atoms with Crippen LogP contribution in [0.4, 0.5) is 0 Å². The number of nitrogens with one attached hydrogen (secondary N) is 1. The summed E-state index contributed by atoms with van der Waals surface area (Å²) in [7, 11) is -3.07. The van der Waals surface area contributed by atoms with Crippen molar-refractivity contribution in [2.75, 3.05) is 43.5 Å². The largest absolute Gasteiger partial charge is 0.375 e. The van der Waals surface area contributed by atoms with Crippen molar-refractivity contribution < 1.29 is 13.2 Å². The Balaban J connectivity index is 1.38. The zero-order valence-corrected chi connectivity index (χ0v) is 14.9. The quantitative estimate of drug-likeness (QED) is 0.815. The van der Waals surface area contributed by atoms with Crippen LogP contribution in [0.2, 0.25) is 0 Å². The van der Waals surface area contributed by atoms with Crippen LogP contribution in [0.1, 0.15) is 38.5 Å². The fourth-order valence-electron chi connectivity index (χ4n) is 3.84. The predicted octanol–water partition coefficient (Wildman–Crippen LogP) is 1.45. The summed E-state index contributed by atoms with van der Waals surface area (Å²) in [5.74, 6) is 2.09. The maximum Gasteiger partial charge on any atom is 0.215 e. The van der Waals surface area contributed by atoms with Gasteiger partial charge in [0.15, 0.2) is 0 Å². The van der Waals surface area contributed by atoms with Crippen LogP contribution in [-0.2, 0) is 14.8 Å². The number of ether oxygens (including phenoxy) is 1. The highest BCUT2D eigenvalue weighted by Gasteiger charge is 2.38.